The summed E-state index contributed by atoms with van der Waals surface area (Å²) in [7, 11) is 0. The number of aliphatic hydroxyl groups excluding tert-OH is 1. The standard InChI is InChI=1S/C10H16N2O3/c1-3-5-11-9(14)7-8(13)10(15)12-6-4-2/h3-4,8,13H,1-2,5-7H2,(H,11,14)(H,12,15)/t8-/m1/s1. The normalized spacial score (nSPS) is 11.3. The van der Waals surface area contributed by atoms with E-state index < -0.39 is 17.9 Å². The molecule has 3 N–H and O–H groups in total. The summed E-state index contributed by atoms with van der Waals surface area (Å²) in [6.07, 6.45) is 1.43. The highest BCUT2D eigenvalue weighted by Gasteiger charge is 2.17. The van der Waals surface area contributed by atoms with Gasteiger partial charge in [-0.2, -0.15) is 0 Å². The summed E-state index contributed by atoms with van der Waals surface area (Å²) in [6.45, 7) is 7.41. The van der Waals surface area contributed by atoms with Gasteiger partial charge in [0.25, 0.3) is 0 Å². The van der Waals surface area contributed by atoms with Crippen molar-refractivity contribution >= 4 is 11.8 Å². The number of carbonyl (C=O) groups excluding carboxylic acids is 2. The Labute approximate surface area is 88.9 Å². The molecule has 0 unspecified atom stereocenters. The lowest BCUT2D eigenvalue weighted by Gasteiger charge is -2.09. The molecule has 1 atom stereocenters. The first-order chi connectivity index (χ1) is 7.11. The average Bonchev–Trinajstić information content (AvgIpc) is 2.22. The first-order valence-corrected chi connectivity index (χ1v) is 4.56. The lowest BCUT2D eigenvalue weighted by Crippen LogP contribution is -2.38. The Hall–Kier alpha value is -1.62. The van der Waals surface area contributed by atoms with Gasteiger partial charge in [0.15, 0.2) is 0 Å². The molecule has 0 aliphatic rings. The molecule has 0 aromatic carbocycles. The Morgan fingerprint density at radius 1 is 1.20 bits per heavy atom. The fraction of sp³-hybridized carbons (Fsp3) is 0.400. The second-order valence-electron chi connectivity index (χ2n) is 2.85. The molecule has 0 heterocycles. The van der Waals surface area contributed by atoms with Crippen LogP contribution in [-0.4, -0.2) is 36.1 Å². The minimum absolute atomic E-state index is 0.253. The van der Waals surface area contributed by atoms with E-state index in [4.69, 9.17) is 0 Å². The number of aliphatic hydroxyl groups is 1. The third-order valence-corrected chi connectivity index (χ3v) is 1.55. The van der Waals surface area contributed by atoms with Gasteiger partial charge >= 0.3 is 0 Å². The monoisotopic (exact) mass is 212 g/mol. The summed E-state index contributed by atoms with van der Waals surface area (Å²) in [4.78, 5) is 22.2. The predicted molar refractivity (Wildman–Crippen MR) is 57.0 cm³/mol. The summed E-state index contributed by atoms with van der Waals surface area (Å²) >= 11 is 0. The molecule has 5 nitrogen and oxygen atoms in total. The minimum Gasteiger partial charge on any atom is -0.383 e. The molecule has 0 radical (unpaired) electrons. The number of nitrogens with one attached hydrogen (secondary N) is 2. The van der Waals surface area contributed by atoms with Crippen molar-refractivity contribution < 1.29 is 14.7 Å². The van der Waals surface area contributed by atoms with E-state index in [-0.39, 0.29) is 13.0 Å². The van der Waals surface area contributed by atoms with Crippen molar-refractivity contribution in [3.8, 4) is 0 Å². The second-order valence-corrected chi connectivity index (χ2v) is 2.85. The van der Waals surface area contributed by atoms with Gasteiger partial charge < -0.3 is 15.7 Å². The molecule has 0 aliphatic carbocycles. The van der Waals surface area contributed by atoms with Crippen molar-refractivity contribution in [1.82, 2.24) is 10.6 Å². The highest BCUT2D eigenvalue weighted by Crippen LogP contribution is 1.91. The van der Waals surface area contributed by atoms with Crippen LogP contribution in [0.25, 0.3) is 0 Å². The van der Waals surface area contributed by atoms with Gasteiger partial charge in [-0.15, -0.1) is 13.2 Å². The zero-order valence-electron chi connectivity index (χ0n) is 8.53. The van der Waals surface area contributed by atoms with Crippen LogP contribution in [0.5, 0.6) is 0 Å². The fourth-order valence-electron chi connectivity index (χ4n) is 0.817. The van der Waals surface area contributed by atoms with Gasteiger partial charge in [-0.3, -0.25) is 9.59 Å². The van der Waals surface area contributed by atoms with Crippen LogP contribution in [0.15, 0.2) is 25.3 Å². The van der Waals surface area contributed by atoms with E-state index in [0.29, 0.717) is 6.54 Å². The summed E-state index contributed by atoms with van der Waals surface area (Å²) in [6, 6.07) is 0. The quantitative estimate of drug-likeness (QED) is 0.490. The van der Waals surface area contributed by atoms with Crippen LogP contribution in [-0.2, 0) is 9.59 Å². The van der Waals surface area contributed by atoms with E-state index in [1.807, 2.05) is 0 Å². The summed E-state index contributed by atoms with van der Waals surface area (Å²) in [5.41, 5.74) is 0. The summed E-state index contributed by atoms with van der Waals surface area (Å²) in [5, 5.41) is 14.1. The maximum absolute atomic E-state index is 11.1. The van der Waals surface area contributed by atoms with Crippen molar-refractivity contribution in [1.29, 1.82) is 0 Å². The highest BCUT2D eigenvalue weighted by atomic mass is 16.3. The number of carbonyl (C=O) groups is 2. The van der Waals surface area contributed by atoms with Crippen LogP contribution in [0.4, 0.5) is 0 Å². The lowest BCUT2D eigenvalue weighted by atomic mass is 10.2. The summed E-state index contributed by atoms with van der Waals surface area (Å²) < 4.78 is 0. The van der Waals surface area contributed by atoms with E-state index in [1.165, 1.54) is 12.2 Å². The Kier molecular flexibility index (Phi) is 6.92. The van der Waals surface area contributed by atoms with Crippen LogP contribution < -0.4 is 10.6 Å². The Balaban J connectivity index is 3.84. The molecule has 0 fully saturated rings. The molecule has 0 saturated heterocycles. The van der Waals surface area contributed by atoms with Crippen LogP contribution >= 0.6 is 0 Å². The van der Waals surface area contributed by atoms with Gasteiger partial charge in [0, 0.05) is 13.1 Å². The molecule has 0 rings (SSSR count). The molecule has 0 aromatic rings. The molecular weight excluding hydrogens is 196 g/mol. The molecule has 15 heavy (non-hydrogen) atoms. The molecule has 0 aromatic heterocycles. The van der Waals surface area contributed by atoms with Crippen molar-refractivity contribution in [2.75, 3.05) is 13.1 Å². The third-order valence-electron chi connectivity index (χ3n) is 1.55. The molecule has 0 spiro atoms. The topological polar surface area (TPSA) is 78.4 Å². The molecule has 84 valence electrons. The van der Waals surface area contributed by atoms with Gasteiger partial charge in [0.2, 0.25) is 11.8 Å². The second kappa shape index (κ2) is 7.75. The highest BCUT2D eigenvalue weighted by molar-refractivity contribution is 5.87. The lowest BCUT2D eigenvalue weighted by molar-refractivity contribution is -0.134. The maximum atomic E-state index is 11.1. The Morgan fingerprint density at radius 2 is 1.73 bits per heavy atom. The van der Waals surface area contributed by atoms with E-state index in [9.17, 15) is 14.7 Å². The van der Waals surface area contributed by atoms with E-state index >= 15 is 0 Å². The molecule has 5 heteroatoms. The van der Waals surface area contributed by atoms with Gasteiger partial charge in [0.05, 0.1) is 6.42 Å². The average molecular weight is 212 g/mol. The predicted octanol–water partition coefficient (Wildman–Crippen LogP) is -0.658. The maximum Gasteiger partial charge on any atom is 0.249 e. The van der Waals surface area contributed by atoms with Gasteiger partial charge in [-0.1, -0.05) is 12.2 Å². The van der Waals surface area contributed by atoms with Gasteiger partial charge in [-0.25, -0.2) is 0 Å². The van der Waals surface area contributed by atoms with Gasteiger partial charge in [0.1, 0.15) is 6.10 Å². The summed E-state index contributed by atoms with van der Waals surface area (Å²) in [5.74, 6) is -0.972. The van der Waals surface area contributed by atoms with Crippen molar-refractivity contribution in [2.45, 2.75) is 12.5 Å². The molecule has 2 amide bonds. The van der Waals surface area contributed by atoms with Crippen molar-refractivity contribution in [2.24, 2.45) is 0 Å². The zero-order valence-corrected chi connectivity index (χ0v) is 8.53. The SMILES string of the molecule is C=CCNC(=O)C[C@@H](O)C(=O)NCC=C. The number of amides is 2. The molecule has 0 saturated carbocycles. The van der Waals surface area contributed by atoms with Gasteiger partial charge in [-0.05, 0) is 0 Å². The Morgan fingerprint density at radius 3 is 2.27 bits per heavy atom. The largest absolute Gasteiger partial charge is 0.383 e. The fourth-order valence-corrected chi connectivity index (χ4v) is 0.817. The molecule has 0 bridgehead atoms. The van der Waals surface area contributed by atoms with Crippen LogP contribution in [0.1, 0.15) is 6.42 Å². The van der Waals surface area contributed by atoms with E-state index in [1.54, 1.807) is 0 Å². The molecular formula is C10H16N2O3. The number of rotatable bonds is 7. The number of hydrogen-bond acceptors (Lipinski definition) is 3. The van der Waals surface area contributed by atoms with Crippen LogP contribution in [0.3, 0.4) is 0 Å². The first kappa shape index (κ1) is 13.4. The van der Waals surface area contributed by atoms with E-state index in [2.05, 4.69) is 23.8 Å². The first-order valence-electron chi connectivity index (χ1n) is 4.56. The number of hydrogen-bond donors (Lipinski definition) is 3. The van der Waals surface area contributed by atoms with Crippen molar-refractivity contribution in [3.63, 3.8) is 0 Å². The zero-order chi connectivity index (χ0) is 11.7. The smallest absolute Gasteiger partial charge is 0.249 e. The van der Waals surface area contributed by atoms with Crippen molar-refractivity contribution in [3.05, 3.63) is 25.3 Å². The third kappa shape index (κ3) is 6.45. The van der Waals surface area contributed by atoms with Crippen LogP contribution in [0, 0.1) is 0 Å². The van der Waals surface area contributed by atoms with Crippen LogP contribution in [0.2, 0.25) is 0 Å². The Bertz CT molecular complexity index is 251. The molecule has 0 aliphatic heterocycles. The minimum atomic E-state index is -1.32. The van der Waals surface area contributed by atoms with E-state index in [0.717, 1.165) is 0 Å².